The second-order valence-corrected chi connectivity index (χ2v) is 8.01. The highest BCUT2D eigenvalue weighted by molar-refractivity contribution is 9.09. The number of ether oxygens (including phenoxy) is 1. The van der Waals surface area contributed by atoms with Crippen LogP contribution in [0.2, 0.25) is 0 Å². The summed E-state index contributed by atoms with van der Waals surface area (Å²) >= 11 is 3.70. The lowest BCUT2D eigenvalue weighted by Gasteiger charge is -2.18. The van der Waals surface area contributed by atoms with Gasteiger partial charge in [0.1, 0.15) is 5.75 Å². The molecule has 2 atom stereocenters. The number of para-hydroxylation sites is 1. The number of allylic oxidation sites excluding steroid dienone is 1. The lowest BCUT2D eigenvalue weighted by atomic mass is 10.0. The quantitative estimate of drug-likeness (QED) is 0.572. The third-order valence-corrected chi connectivity index (χ3v) is 5.62. The molecule has 3 aromatic rings. The van der Waals surface area contributed by atoms with Crippen LogP contribution in [0, 0.1) is 0 Å². The summed E-state index contributed by atoms with van der Waals surface area (Å²) in [5.41, 5.74) is 4.67. The van der Waals surface area contributed by atoms with Gasteiger partial charge in [-0.25, -0.2) is 0 Å². The number of rotatable bonds is 6. The van der Waals surface area contributed by atoms with Gasteiger partial charge in [0.05, 0.1) is 19.8 Å². The van der Waals surface area contributed by atoms with E-state index < -0.39 is 6.10 Å². The minimum atomic E-state index is -0.508. The van der Waals surface area contributed by atoms with Crippen LogP contribution in [0.5, 0.6) is 5.75 Å². The minimum absolute atomic E-state index is 0.365. The highest BCUT2D eigenvalue weighted by atomic mass is 79.9. The van der Waals surface area contributed by atoms with Crippen LogP contribution in [0.4, 0.5) is 5.69 Å². The number of fused-ring (bicyclic) bond motifs is 3. The molecule has 2 N–H and O–H groups in total. The first-order valence-electron chi connectivity index (χ1n) is 9.14. The Balaban J connectivity index is 1.54. The summed E-state index contributed by atoms with van der Waals surface area (Å²) in [6, 6.07) is 16.2. The van der Waals surface area contributed by atoms with Crippen molar-refractivity contribution in [3.8, 4) is 5.75 Å². The molecule has 27 heavy (non-hydrogen) atoms. The Kier molecular flexibility index (Phi) is 5.23. The van der Waals surface area contributed by atoms with Gasteiger partial charge in [0, 0.05) is 39.7 Å². The molecule has 0 amide bonds. The molecule has 1 aliphatic rings. The van der Waals surface area contributed by atoms with Crippen LogP contribution >= 0.6 is 15.9 Å². The van der Waals surface area contributed by atoms with Crippen molar-refractivity contribution in [2.45, 2.75) is 23.9 Å². The molecule has 0 bridgehead atoms. The lowest BCUT2D eigenvalue weighted by molar-refractivity contribution is 0.168. The fourth-order valence-corrected chi connectivity index (χ4v) is 4.18. The zero-order valence-corrected chi connectivity index (χ0v) is 16.8. The summed E-state index contributed by atoms with van der Waals surface area (Å²) in [5, 5.41) is 15.2. The van der Waals surface area contributed by atoms with Crippen LogP contribution < -0.4 is 10.1 Å². The number of methoxy groups -OCH3 is 1. The molecule has 0 spiro atoms. The Bertz CT molecular complexity index is 980. The van der Waals surface area contributed by atoms with E-state index in [0.29, 0.717) is 17.9 Å². The number of anilines is 1. The molecule has 2 unspecified atom stereocenters. The van der Waals surface area contributed by atoms with Crippen LogP contribution in [-0.2, 0) is 13.0 Å². The average molecular weight is 427 g/mol. The molecule has 4 nitrogen and oxygen atoms in total. The molecule has 140 valence electrons. The predicted molar refractivity (Wildman–Crippen MR) is 115 cm³/mol. The van der Waals surface area contributed by atoms with E-state index in [9.17, 15) is 5.11 Å². The minimum Gasteiger partial charge on any atom is -0.497 e. The first-order valence-corrected chi connectivity index (χ1v) is 10.1. The smallest absolute Gasteiger partial charge is 0.120 e. The van der Waals surface area contributed by atoms with Gasteiger partial charge in [-0.3, -0.25) is 0 Å². The number of hydrogen-bond acceptors (Lipinski definition) is 3. The van der Waals surface area contributed by atoms with Crippen molar-refractivity contribution in [2.75, 3.05) is 19.0 Å². The van der Waals surface area contributed by atoms with E-state index in [-0.39, 0.29) is 0 Å². The van der Waals surface area contributed by atoms with Gasteiger partial charge < -0.3 is 19.7 Å². The molecule has 1 aliphatic carbocycles. The van der Waals surface area contributed by atoms with Crippen molar-refractivity contribution in [3.63, 3.8) is 0 Å². The van der Waals surface area contributed by atoms with E-state index in [1.165, 1.54) is 22.2 Å². The van der Waals surface area contributed by atoms with E-state index in [4.69, 9.17) is 4.74 Å². The summed E-state index contributed by atoms with van der Waals surface area (Å²) in [6.07, 6.45) is 4.81. The number of benzene rings is 2. The maximum Gasteiger partial charge on any atom is 0.120 e. The third-order valence-electron chi connectivity index (χ3n) is 4.99. The third kappa shape index (κ3) is 3.75. The Morgan fingerprint density at radius 2 is 2.11 bits per heavy atom. The summed E-state index contributed by atoms with van der Waals surface area (Å²) < 4.78 is 7.48. The standard InChI is InChI=1S/C22H23BrN2O2/c1-27-18-6-4-5-16(12-18)24-13-17(26)14-25-21-8-3-2-7-19(21)20-11-15(23)9-10-22(20)25/h2-10,12,15,17,24,26H,11,13-14H2,1H3. The first kappa shape index (κ1) is 18.1. The van der Waals surface area contributed by atoms with Gasteiger partial charge in [0.15, 0.2) is 0 Å². The van der Waals surface area contributed by atoms with Crippen LogP contribution in [0.3, 0.4) is 0 Å². The van der Waals surface area contributed by atoms with E-state index >= 15 is 0 Å². The molecular formula is C22H23BrN2O2. The number of hydrogen-bond donors (Lipinski definition) is 2. The topological polar surface area (TPSA) is 46.4 Å². The maximum atomic E-state index is 10.7. The molecule has 5 heteroatoms. The van der Waals surface area contributed by atoms with Gasteiger partial charge in [-0.15, -0.1) is 0 Å². The van der Waals surface area contributed by atoms with Gasteiger partial charge in [0.2, 0.25) is 0 Å². The largest absolute Gasteiger partial charge is 0.497 e. The van der Waals surface area contributed by atoms with Crippen LogP contribution in [0.1, 0.15) is 11.3 Å². The van der Waals surface area contributed by atoms with Gasteiger partial charge in [-0.2, -0.15) is 0 Å². The fraction of sp³-hybridized carbons (Fsp3) is 0.273. The van der Waals surface area contributed by atoms with E-state index in [0.717, 1.165) is 17.9 Å². The number of aromatic nitrogens is 1. The normalized spacial score (nSPS) is 16.9. The molecular weight excluding hydrogens is 404 g/mol. The Hall–Kier alpha value is -2.24. The highest BCUT2D eigenvalue weighted by Gasteiger charge is 2.21. The summed E-state index contributed by atoms with van der Waals surface area (Å²) in [4.78, 5) is 0.365. The van der Waals surface area contributed by atoms with Crippen LogP contribution in [-0.4, -0.2) is 34.3 Å². The zero-order valence-electron chi connectivity index (χ0n) is 15.2. The van der Waals surface area contributed by atoms with Gasteiger partial charge in [-0.05, 0) is 36.3 Å². The number of alkyl halides is 1. The molecule has 4 rings (SSSR count). The van der Waals surface area contributed by atoms with Crippen LogP contribution in [0.25, 0.3) is 17.0 Å². The monoisotopic (exact) mass is 426 g/mol. The number of aliphatic hydroxyl groups excluding tert-OH is 1. The van der Waals surface area contributed by atoms with Crippen LogP contribution in [0.15, 0.2) is 54.6 Å². The Morgan fingerprint density at radius 3 is 2.96 bits per heavy atom. The Morgan fingerprint density at radius 1 is 1.26 bits per heavy atom. The molecule has 0 saturated heterocycles. The average Bonchev–Trinajstić information content (AvgIpc) is 3.00. The number of nitrogens with zero attached hydrogens (tertiary/aromatic N) is 1. The molecule has 0 aliphatic heterocycles. The maximum absolute atomic E-state index is 10.7. The second-order valence-electron chi connectivity index (χ2n) is 6.84. The van der Waals surface area contributed by atoms with E-state index in [1.54, 1.807) is 7.11 Å². The van der Waals surface area contributed by atoms with Crippen molar-refractivity contribution < 1.29 is 9.84 Å². The second kappa shape index (κ2) is 7.79. The van der Waals surface area contributed by atoms with Crippen molar-refractivity contribution in [1.82, 2.24) is 4.57 Å². The van der Waals surface area contributed by atoms with Gasteiger partial charge >= 0.3 is 0 Å². The zero-order chi connectivity index (χ0) is 18.8. The molecule has 1 heterocycles. The molecule has 0 fully saturated rings. The van der Waals surface area contributed by atoms with Gasteiger partial charge in [-0.1, -0.05) is 46.3 Å². The molecule has 1 aromatic heterocycles. The summed E-state index contributed by atoms with van der Waals surface area (Å²) in [7, 11) is 1.65. The molecule has 2 aromatic carbocycles. The Labute approximate surface area is 167 Å². The number of halogens is 1. The first-order chi connectivity index (χ1) is 13.2. The van der Waals surface area contributed by atoms with Crippen molar-refractivity contribution in [2.24, 2.45) is 0 Å². The SMILES string of the molecule is COc1cccc(NCC(O)Cn2c3c(c4ccccc42)CC(Br)C=C3)c1. The summed E-state index contributed by atoms with van der Waals surface area (Å²) in [6.45, 7) is 1.02. The van der Waals surface area contributed by atoms with Gasteiger partial charge in [0.25, 0.3) is 0 Å². The number of nitrogens with one attached hydrogen (secondary N) is 1. The molecule has 0 radical (unpaired) electrons. The van der Waals surface area contributed by atoms with E-state index in [1.807, 2.05) is 24.3 Å². The fourth-order valence-electron chi connectivity index (χ4n) is 3.70. The van der Waals surface area contributed by atoms with Crippen molar-refractivity contribution in [1.29, 1.82) is 0 Å². The summed E-state index contributed by atoms with van der Waals surface area (Å²) in [5.74, 6) is 0.800. The van der Waals surface area contributed by atoms with Crippen molar-refractivity contribution in [3.05, 3.63) is 65.9 Å². The number of aliphatic hydroxyl groups is 1. The molecule has 0 saturated carbocycles. The highest BCUT2D eigenvalue weighted by Crippen LogP contribution is 2.33. The lowest BCUT2D eigenvalue weighted by Crippen LogP contribution is -2.25. The van der Waals surface area contributed by atoms with E-state index in [2.05, 4.69) is 62.2 Å². The predicted octanol–water partition coefficient (Wildman–Crippen LogP) is 4.46. The van der Waals surface area contributed by atoms with Crippen molar-refractivity contribution >= 4 is 38.6 Å².